The number of likely N-dealkylation sites (N-methyl/N-ethyl adjacent to an activating group) is 1. The van der Waals surface area contributed by atoms with Crippen LogP contribution in [0.1, 0.15) is 17.4 Å². The average Bonchev–Trinajstić information content (AvgIpc) is 3.26. The SMILES string of the molecule is CCn1cnc(-c2nc(C(=O)N3CCN(C)CC3)c3ccccn23)c1. The van der Waals surface area contributed by atoms with Crippen molar-refractivity contribution in [2.24, 2.45) is 0 Å². The number of rotatable bonds is 3. The Kier molecular flexibility index (Phi) is 4.01. The summed E-state index contributed by atoms with van der Waals surface area (Å²) in [7, 11) is 2.08. The molecule has 3 aromatic rings. The predicted octanol–water partition coefficient (Wildman–Crippen LogP) is 1.61. The Morgan fingerprint density at radius 3 is 2.72 bits per heavy atom. The summed E-state index contributed by atoms with van der Waals surface area (Å²) in [5, 5.41) is 0. The third kappa shape index (κ3) is 2.80. The first-order valence-electron chi connectivity index (χ1n) is 8.64. The molecule has 1 amide bonds. The van der Waals surface area contributed by atoms with E-state index in [1.165, 1.54) is 0 Å². The van der Waals surface area contributed by atoms with Crippen molar-refractivity contribution in [2.75, 3.05) is 33.2 Å². The van der Waals surface area contributed by atoms with Gasteiger partial charge in [0.15, 0.2) is 11.5 Å². The fourth-order valence-electron chi connectivity index (χ4n) is 3.18. The molecule has 0 unspecified atom stereocenters. The van der Waals surface area contributed by atoms with E-state index in [1.807, 2.05) is 44.5 Å². The number of pyridine rings is 1. The van der Waals surface area contributed by atoms with Crippen LogP contribution in [0, 0.1) is 0 Å². The minimum atomic E-state index is -0.00188. The number of hydrogen-bond donors (Lipinski definition) is 0. The Hall–Kier alpha value is -2.67. The van der Waals surface area contributed by atoms with Crippen LogP contribution in [0.25, 0.3) is 17.0 Å². The van der Waals surface area contributed by atoms with Crippen LogP contribution in [0.2, 0.25) is 0 Å². The summed E-state index contributed by atoms with van der Waals surface area (Å²) in [6.07, 6.45) is 5.69. The van der Waals surface area contributed by atoms with Crippen LogP contribution in [-0.4, -0.2) is 67.9 Å². The molecule has 7 nitrogen and oxygen atoms in total. The Morgan fingerprint density at radius 1 is 1.20 bits per heavy atom. The normalized spacial score (nSPS) is 15.8. The van der Waals surface area contributed by atoms with E-state index >= 15 is 0 Å². The largest absolute Gasteiger partial charge is 0.337 e. The lowest BCUT2D eigenvalue weighted by Crippen LogP contribution is -2.47. The Bertz CT molecular complexity index is 903. The summed E-state index contributed by atoms with van der Waals surface area (Å²) in [5.74, 6) is 0.707. The first-order valence-corrected chi connectivity index (χ1v) is 8.64. The zero-order valence-corrected chi connectivity index (χ0v) is 14.6. The number of nitrogens with zero attached hydrogens (tertiary/aromatic N) is 6. The van der Waals surface area contributed by atoms with Crippen molar-refractivity contribution in [3.05, 3.63) is 42.6 Å². The molecule has 0 aromatic carbocycles. The molecule has 1 fully saturated rings. The summed E-state index contributed by atoms with van der Waals surface area (Å²) < 4.78 is 3.95. The van der Waals surface area contributed by atoms with Crippen molar-refractivity contribution < 1.29 is 4.79 Å². The number of aromatic nitrogens is 4. The number of fused-ring (bicyclic) bond motifs is 1. The van der Waals surface area contributed by atoms with Crippen molar-refractivity contribution in [2.45, 2.75) is 13.5 Å². The second kappa shape index (κ2) is 6.33. The molecule has 25 heavy (non-hydrogen) atoms. The molecule has 0 N–H and O–H groups in total. The maximum Gasteiger partial charge on any atom is 0.274 e. The van der Waals surface area contributed by atoms with Gasteiger partial charge < -0.3 is 14.4 Å². The zero-order valence-electron chi connectivity index (χ0n) is 14.6. The van der Waals surface area contributed by atoms with Gasteiger partial charge in [0.2, 0.25) is 0 Å². The Balaban J connectivity index is 1.75. The van der Waals surface area contributed by atoms with Gasteiger partial charge in [-0.3, -0.25) is 9.20 Å². The van der Waals surface area contributed by atoms with Crippen molar-refractivity contribution in [3.63, 3.8) is 0 Å². The number of carbonyl (C=O) groups excluding carboxylic acids is 1. The van der Waals surface area contributed by atoms with Gasteiger partial charge in [-0.1, -0.05) is 6.07 Å². The number of hydrogen-bond acceptors (Lipinski definition) is 4. The van der Waals surface area contributed by atoms with Crippen molar-refractivity contribution in [3.8, 4) is 11.5 Å². The monoisotopic (exact) mass is 338 g/mol. The van der Waals surface area contributed by atoms with Gasteiger partial charge in [0.05, 0.1) is 11.8 Å². The lowest BCUT2D eigenvalue weighted by Gasteiger charge is -2.32. The maximum absolute atomic E-state index is 13.0. The highest BCUT2D eigenvalue weighted by atomic mass is 16.2. The first kappa shape index (κ1) is 15.8. The molecule has 0 spiro atoms. The fourth-order valence-corrected chi connectivity index (χ4v) is 3.18. The van der Waals surface area contributed by atoms with Crippen molar-refractivity contribution in [1.29, 1.82) is 0 Å². The lowest BCUT2D eigenvalue weighted by atomic mass is 10.2. The highest BCUT2D eigenvalue weighted by Gasteiger charge is 2.26. The van der Waals surface area contributed by atoms with Gasteiger partial charge in [-0.25, -0.2) is 9.97 Å². The summed E-state index contributed by atoms with van der Waals surface area (Å²) in [5.41, 5.74) is 2.11. The fraction of sp³-hybridized carbons (Fsp3) is 0.389. The molecule has 0 bridgehead atoms. The maximum atomic E-state index is 13.0. The van der Waals surface area contributed by atoms with Crippen LogP contribution in [0.15, 0.2) is 36.9 Å². The van der Waals surface area contributed by atoms with Gasteiger partial charge in [-0.05, 0) is 26.1 Å². The first-order chi connectivity index (χ1) is 12.2. The number of piperazine rings is 1. The highest BCUT2D eigenvalue weighted by molar-refractivity contribution is 6.00. The molecule has 1 aliphatic rings. The van der Waals surface area contributed by atoms with E-state index in [0.29, 0.717) is 11.5 Å². The molecule has 0 radical (unpaired) electrons. The van der Waals surface area contributed by atoms with E-state index < -0.39 is 0 Å². The Labute approximate surface area is 146 Å². The molecular formula is C18H22N6O. The molecular weight excluding hydrogens is 316 g/mol. The van der Waals surface area contributed by atoms with E-state index in [-0.39, 0.29) is 5.91 Å². The van der Waals surface area contributed by atoms with Crippen LogP contribution < -0.4 is 0 Å². The summed E-state index contributed by atoms with van der Waals surface area (Å²) in [6, 6.07) is 5.82. The molecule has 4 rings (SSSR count). The second-order valence-corrected chi connectivity index (χ2v) is 6.42. The van der Waals surface area contributed by atoms with E-state index in [0.717, 1.165) is 43.9 Å². The van der Waals surface area contributed by atoms with E-state index in [4.69, 9.17) is 0 Å². The molecule has 0 aliphatic carbocycles. The van der Waals surface area contributed by atoms with Gasteiger partial charge in [0, 0.05) is 45.1 Å². The standard InChI is InChI=1S/C18H22N6O/c1-3-22-12-14(19-13-22)17-20-16(15-6-4-5-7-24(15)17)18(25)23-10-8-21(2)9-11-23/h4-7,12-13H,3,8-11H2,1-2H3. The summed E-state index contributed by atoms with van der Waals surface area (Å²) in [4.78, 5) is 26.3. The summed E-state index contributed by atoms with van der Waals surface area (Å²) >= 11 is 0. The number of carbonyl (C=O) groups is 1. The molecule has 0 atom stereocenters. The molecule has 4 heterocycles. The second-order valence-electron chi connectivity index (χ2n) is 6.42. The van der Waals surface area contributed by atoms with Gasteiger partial charge in [-0.15, -0.1) is 0 Å². The van der Waals surface area contributed by atoms with E-state index in [1.54, 1.807) is 6.33 Å². The number of amides is 1. The van der Waals surface area contributed by atoms with Crippen LogP contribution in [0.4, 0.5) is 0 Å². The van der Waals surface area contributed by atoms with Crippen LogP contribution in [0.5, 0.6) is 0 Å². The van der Waals surface area contributed by atoms with Crippen molar-refractivity contribution in [1.82, 2.24) is 28.7 Å². The lowest BCUT2D eigenvalue weighted by molar-refractivity contribution is 0.0661. The van der Waals surface area contributed by atoms with Crippen LogP contribution in [-0.2, 0) is 6.54 Å². The molecule has 3 aromatic heterocycles. The van der Waals surface area contributed by atoms with Gasteiger partial charge in [-0.2, -0.15) is 0 Å². The van der Waals surface area contributed by atoms with Gasteiger partial charge in [0.25, 0.3) is 5.91 Å². The third-order valence-corrected chi connectivity index (χ3v) is 4.77. The smallest absolute Gasteiger partial charge is 0.274 e. The number of aryl methyl sites for hydroxylation is 1. The average molecular weight is 338 g/mol. The topological polar surface area (TPSA) is 58.7 Å². The quantitative estimate of drug-likeness (QED) is 0.728. The van der Waals surface area contributed by atoms with Crippen LogP contribution in [0.3, 0.4) is 0 Å². The van der Waals surface area contributed by atoms with Crippen molar-refractivity contribution >= 4 is 11.4 Å². The van der Waals surface area contributed by atoms with Crippen LogP contribution >= 0.6 is 0 Å². The van der Waals surface area contributed by atoms with E-state index in [2.05, 4.69) is 28.8 Å². The highest BCUT2D eigenvalue weighted by Crippen LogP contribution is 2.23. The number of imidazole rings is 2. The van der Waals surface area contributed by atoms with Gasteiger partial charge >= 0.3 is 0 Å². The molecule has 130 valence electrons. The van der Waals surface area contributed by atoms with Gasteiger partial charge in [0.1, 0.15) is 5.69 Å². The minimum Gasteiger partial charge on any atom is -0.337 e. The molecule has 1 aliphatic heterocycles. The molecule has 1 saturated heterocycles. The zero-order chi connectivity index (χ0) is 17.4. The molecule has 7 heteroatoms. The minimum absolute atomic E-state index is 0.00188. The third-order valence-electron chi connectivity index (χ3n) is 4.77. The summed E-state index contributed by atoms with van der Waals surface area (Å²) in [6.45, 7) is 6.18. The molecule has 0 saturated carbocycles. The Morgan fingerprint density at radius 2 is 2.00 bits per heavy atom. The predicted molar refractivity (Wildman–Crippen MR) is 95.5 cm³/mol. The van der Waals surface area contributed by atoms with E-state index in [9.17, 15) is 4.79 Å².